The third-order valence-electron chi connectivity index (χ3n) is 6.23. The second-order valence-electron chi connectivity index (χ2n) is 9.36. The standard InChI is InChI=1S/C19H31N3O4S/c1-10(9-23)22-13(15(25)21-17(2,3)4)19-8-7-18(5,27-19)11(14(24)20-6)12(19)16(22)26/h10-13,23H,7-9H2,1-6H3,(H,20,24)(H,21,25)/t10-,11+,12+,13?,18-,19?/m1/s1. The molecule has 3 aliphatic rings. The zero-order valence-corrected chi connectivity index (χ0v) is 17.8. The van der Waals surface area contributed by atoms with Crippen molar-refractivity contribution >= 4 is 29.5 Å². The predicted molar refractivity (Wildman–Crippen MR) is 104 cm³/mol. The van der Waals surface area contributed by atoms with Gasteiger partial charge in [0, 0.05) is 17.3 Å². The van der Waals surface area contributed by atoms with Crippen LogP contribution in [0.2, 0.25) is 0 Å². The van der Waals surface area contributed by atoms with Gasteiger partial charge in [-0.05, 0) is 47.5 Å². The number of thioether (sulfide) groups is 1. The van der Waals surface area contributed by atoms with Gasteiger partial charge in [0.15, 0.2) is 0 Å². The molecule has 3 amide bonds. The van der Waals surface area contributed by atoms with Crippen molar-refractivity contribution in [3.05, 3.63) is 0 Å². The highest BCUT2D eigenvalue weighted by Gasteiger charge is 2.77. The quantitative estimate of drug-likeness (QED) is 0.642. The number of amides is 3. The van der Waals surface area contributed by atoms with E-state index in [1.807, 2.05) is 27.7 Å². The van der Waals surface area contributed by atoms with E-state index < -0.39 is 34.2 Å². The highest BCUT2D eigenvalue weighted by atomic mass is 32.2. The van der Waals surface area contributed by atoms with Gasteiger partial charge in [-0.25, -0.2) is 0 Å². The first-order valence-corrected chi connectivity index (χ1v) is 10.4. The van der Waals surface area contributed by atoms with Crippen molar-refractivity contribution in [1.29, 1.82) is 0 Å². The monoisotopic (exact) mass is 397 g/mol. The Kier molecular flexibility index (Phi) is 4.83. The molecule has 6 atom stereocenters. The zero-order chi connectivity index (χ0) is 20.4. The summed E-state index contributed by atoms with van der Waals surface area (Å²) < 4.78 is -0.975. The van der Waals surface area contributed by atoms with Crippen LogP contribution in [-0.2, 0) is 14.4 Å². The molecular weight excluding hydrogens is 366 g/mol. The van der Waals surface area contributed by atoms with Gasteiger partial charge in [0.2, 0.25) is 17.7 Å². The molecular formula is C19H31N3O4S. The fourth-order valence-electron chi connectivity index (χ4n) is 5.22. The smallest absolute Gasteiger partial charge is 0.244 e. The first-order chi connectivity index (χ1) is 12.4. The molecule has 0 radical (unpaired) electrons. The summed E-state index contributed by atoms with van der Waals surface area (Å²) >= 11 is 1.64. The average molecular weight is 398 g/mol. The number of carbonyl (C=O) groups excluding carboxylic acids is 3. The van der Waals surface area contributed by atoms with Crippen LogP contribution in [0.3, 0.4) is 0 Å². The minimum atomic E-state index is -0.683. The number of nitrogens with one attached hydrogen (secondary N) is 2. The SMILES string of the molecule is CNC(=O)[C@@H]1[C@H]2C(=O)N([C@H](C)CO)C(C(=O)NC(C)(C)C)C23CC[C@@]1(C)S3. The minimum Gasteiger partial charge on any atom is -0.394 e. The van der Waals surface area contributed by atoms with Gasteiger partial charge < -0.3 is 20.6 Å². The van der Waals surface area contributed by atoms with Crippen molar-refractivity contribution in [2.45, 2.75) is 74.6 Å². The summed E-state index contributed by atoms with van der Waals surface area (Å²) in [6.07, 6.45) is 1.51. The van der Waals surface area contributed by atoms with Crippen LogP contribution in [0.15, 0.2) is 0 Å². The Bertz CT molecular complexity index is 678. The van der Waals surface area contributed by atoms with Gasteiger partial charge in [-0.1, -0.05) is 0 Å². The third kappa shape index (κ3) is 2.87. The molecule has 0 aromatic carbocycles. The van der Waals surface area contributed by atoms with Crippen LogP contribution in [0.4, 0.5) is 0 Å². The lowest BCUT2D eigenvalue weighted by molar-refractivity contribution is -0.143. The van der Waals surface area contributed by atoms with E-state index in [0.29, 0.717) is 0 Å². The van der Waals surface area contributed by atoms with E-state index in [-0.39, 0.29) is 29.1 Å². The van der Waals surface area contributed by atoms with E-state index in [0.717, 1.165) is 12.8 Å². The van der Waals surface area contributed by atoms with E-state index in [9.17, 15) is 19.5 Å². The second-order valence-corrected chi connectivity index (χ2v) is 11.3. The van der Waals surface area contributed by atoms with Crippen LogP contribution in [0.1, 0.15) is 47.5 Å². The molecule has 3 N–H and O–H groups in total. The normalized spacial score (nSPS) is 38.7. The van der Waals surface area contributed by atoms with Gasteiger partial charge in [-0.2, -0.15) is 0 Å². The highest BCUT2D eigenvalue weighted by molar-refractivity contribution is 8.02. The molecule has 1 spiro atoms. The number of rotatable bonds is 4. The Morgan fingerprint density at radius 2 is 1.96 bits per heavy atom. The van der Waals surface area contributed by atoms with E-state index in [2.05, 4.69) is 10.6 Å². The topological polar surface area (TPSA) is 98.7 Å². The van der Waals surface area contributed by atoms with Crippen molar-refractivity contribution in [3.63, 3.8) is 0 Å². The molecule has 8 heteroatoms. The van der Waals surface area contributed by atoms with Crippen molar-refractivity contribution in [1.82, 2.24) is 15.5 Å². The maximum atomic E-state index is 13.5. The lowest BCUT2D eigenvalue weighted by Gasteiger charge is -2.37. The minimum absolute atomic E-state index is 0.140. The van der Waals surface area contributed by atoms with E-state index in [1.54, 1.807) is 30.6 Å². The number of hydrogen-bond donors (Lipinski definition) is 3. The molecule has 0 saturated carbocycles. The number of carbonyl (C=O) groups is 3. The lowest BCUT2D eigenvalue weighted by atomic mass is 9.66. The highest BCUT2D eigenvalue weighted by Crippen LogP contribution is 2.71. The zero-order valence-electron chi connectivity index (χ0n) is 17.0. The van der Waals surface area contributed by atoms with E-state index in [1.165, 1.54) is 0 Å². The van der Waals surface area contributed by atoms with Crippen LogP contribution >= 0.6 is 11.8 Å². The maximum absolute atomic E-state index is 13.5. The number of aliphatic hydroxyl groups excluding tert-OH is 1. The van der Waals surface area contributed by atoms with Gasteiger partial charge in [-0.3, -0.25) is 14.4 Å². The summed E-state index contributed by atoms with van der Waals surface area (Å²) in [7, 11) is 1.59. The Balaban J connectivity index is 2.10. The van der Waals surface area contributed by atoms with E-state index >= 15 is 0 Å². The average Bonchev–Trinajstić information content (AvgIpc) is 3.13. The fraction of sp³-hybridized carbons (Fsp3) is 0.842. The summed E-state index contributed by atoms with van der Waals surface area (Å²) in [5.41, 5.74) is -0.436. The van der Waals surface area contributed by atoms with Crippen LogP contribution in [0, 0.1) is 11.8 Å². The Labute approximate surface area is 165 Å². The summed E-state index contributed by atoms with van der Waals surface area (Å²) in [4.78, 5) is 41.0. The Hall–Kier alpha value is -1.28. The van der Waals surface area contributed by atoms with Crippen molar-refractivity contribution in [3.8, 4) is 0 Å². The largest absolute Gasteiger partial charge is 0.394 e. The molecule has 0 aliphatic carbocycles. The third-order valence-corrected chi connectivity index (χ3v) is 8.21. The molecule has 0 aromatic heterocycles. The summed E-state index contributed by atoms with van der Waals surface area (Å²) in [5, 5.41) is 15.5. The number of nitrogens with zero attached hydrogens (tertiary/aromatic N) is 1. The van der Waals surface area contributed by atoms with Crippen LogP contribution in [-0.4, -0.2) is 68.5 Å². The molecule has 2 unspecified atom stereocenters. The molecule has 3 aliphatic heterocycles. The van der Waals surface area contributed by atoms with Gasteiger partial charge in [0.1, 0.15) is 6.04 Å². The predicted octanol–water partition coefficient (Wildman–Crippen LogP) is 0.509. The first kappa shape index (κ1) is 20.5. The lowest BCUT2D eigenvalue weighted by Crippen LogP contribution is -2.58. The summed E-state index contributed by atoms with van der Waals surface area (Å²) in [5.74, 6) is -1.53. The van der Waals surface area contributed by atoms with Crippen LogP contribution in [0.25, 0.3) is 0 Å². The molecule has 152 valence electrons. The molecule has 27 heavy (non-hydrogen) atoms. The van der Waals surface area contributed by atoms with Gasteiger partial charge in [0.05, 0.1) is 29.2 Å². The fourth-order valence-corrected chi connectivity index (χ4v) is 7.56. The molecule has 7 nitrogen and oxygen atoms in total. The van der Waals surface area contributed by atoms with Crippen LogP contribution < -0.4 is 10.6 Å². The van der Waals surface area contributed by atoms with Gasteiger partial charge in [0.25, 0.3) is 0 Å². The van der Waals surface area contributed by atoms with Gasteiger partial charge in [-0.15, -0.1) is 11.8 Å². The van der Waals surface area contributed by atoms with Crippen molar-refractivity contribution in [2.24, 2.45) is 11.8 Å². The summed E-state index contributed by atoms with van der Waals surface area (Å²) in [6.45, 7) is 9.29. The van der Waals surface area contributed by atoms with Gasteiger partial charge >= 0.3 is 0 Å². The molecule has 0 aromatic rings. The Morgan fingerprint density at radius 3 is 2.48 bits per heavy atom. The molecule has 3 rings (SSSR count). The van der Waals surface area contributed by atoms with Crippen LogP contribution in [0.5, 0.6) is 0 Å². The molecule has 3 saturated heterocycles. The number of fused-ring (bicyclic) bond motifs is 1. The number of likely N-dealkylation sites (tertiary alicyclic amines) is 1. The maximum Gasteiger partial charge on any atom is 0.244 e. The molecule has 2 bridgehead atoms. The van der Waals surface area contributed by atoms with E-state index in [4.69, 9.17) is 0 Å². The number of hydrogen-bond acceptors (Lipinski definition) is 5. The van der Waals surface area contributed by atoms with Crippen molar-refractivity contribution in [2.75, 3.05) is 13.7 Å². The summed E-state index contributed by atoms with van der Waals surface area (Å²) in [6, 6.07) is -1.16. The Morgan fingerprint density at radius 1 is 1.33 bits per heavy atom. The molecule has 3 heterocycles. The number of aliphatic hydroxyl groups is 1. The van der Waals surface area contributed by atoms with Crippen molar-refractivity contribution < 1.29 is 19.5 Å². The second kappa shape index (κ2) is 6.37. The molecule has 3 fully saturated rings. The first-order valence-electron chi connectivity index (χ1n) is 9.58.